The lowest BCUT2D eigenvalue weighted by Crippen LogP contribution is -2.47. The molecule has 1 aliphatic heterocycles. The van der Waals surface area contributed by atoms with Crippen LogP contribution in [0, 0.1) is 0 Å². The third-order valence-electron chi connectivity index (χ3n) is 5.69. The molecule has 0 radical (unpaired) electrons. The number of hydrogen-bond acceptors (Lipinski definition) is 9. The third kappa shape index (κ3) is 6.07. The van der Waals surface area contributed by atoms with Gasteiger partial charge in [0, 0.05) is 38.3 Å². The minimum absolute atomic E-state index is 0.149. The maximum atomic E-state index is 12.5. The molecule has 10 heteroatoms. The fourth-order valence-electron chi connectivity index (χ4n) is 3.88. The molecule has 1 amide bonds. The Kier molecular flexibility index (Phi) is 8.15. The summed E-state index contributed by atoms with van der Waals surface area (Å²) >= 11 is 1.37. The molecule has 1 fully saturated rings. The van der Waals surface area contributed by atoms with Crippen LogP contribution in [0.4, 0.5) is 17.2 Å². The standard InChI is InChI=1S/C25H29N5O4S/c1-32-18-8-9-19(22(14-18)34-3)28-24(31)16-35-25-15-23(26-17-27-25)30-12-10-29(11-13-30)20-6-4-5-7-21(20)33-2/h4-9,14-15,17H,10-13,16H2,1-3H3,(H,28,31). The normalized spacial score (nSPS) is 13.3. The van der Waals surface area contributed by atoms with Gasteiger partial charge in [-0.25, -0.2) is 9.97 Å². The number of thioether (sulfide) groups is 1. The fourth-order valence-corrected chi connectivity index (χ4v) is 4.54. The monoisotopic (exact) mass is 495 g/mol. The van der Waals surface area contributed by atoms with Crippen LogP contribution in [0.1, 0.15) is 0 Å². The second kappa shape index (κ2) is 11.7. The number of aromatic nitrogens is 2. The minimum Gasteiger partial charge on any atom is -0.497 e. The molecular weight excluding hydrogens is 466 g/mol. The van der Waals surface area contributed by atoms with Gasteiger partial charge in [0.05, 0.1) is 38.5 Å². The van der Waals surface area contributed by atoms with Gasteiger partial charge in [0.15, 0.2) is 0 Å². The van der Waals surface area contributed by atoms with E-state index >= 15 is 0 Å². The van der Waals surface area contributed by atoms with Crippen molar-refractivity contribution >= 4 is 34.9 Å². The molecule has 0 saturated carbocycles. The zero-order chi connectivity index (χ0) is 24.6. The highest BCUT2D eigenvalue weighted by atomic mass is 32.2. The number of nitrogens with zero attached hydrogens (tertiary/aromatic N) is 4. The van der Waals surface area contributed by atoms with Crippen molar-refractivity contribution in [2.45, 2.75) is 5.03 Å². The Bertz CT molecular complexity index is 1150. The Morgan fingerprint density at radius 1 is 0.914 bits per heavy atom. The lowest BCUT2D eigenvalue weighted by atomic mass is 10.2. The summed E-state index contributed by atoms with van der Waals surface area (Å²) in [4.78, 5) is 25.9. The van der Waals surface area contributed by atoms with Crippen LogP contribution in [0.15, 0.2) is 59.9 Å². The molecule has 184 valence electrons. The fraction of sp³-hybridized carbons (Fsp3) is 0.320. The Morgan fingerprint density at radius 3 is 2.40 bits per heavy atom. The first-order valence-corrected chi connectivity index (χ1v) is 12.2. The lowest BCUT2D eigenvalue weighted by Gasteiger charge is -2.37. The maximum absolute atomic E-state index is 12.5. The summed E-state index contributed by atoms with van der Waals surface area (Å²) < 4.78 is 16.1. The molecule has 1 aliphatic rings. The Balaban J connectivity index is 1.32. The topological polar surface area (TPSA) is 89.1 Å². The minimum atomic E-state index is -0.149. The lowest BCUT2D eigenvalue weighted by molar-refractivity contribution is -0.113. The molecule has 1 aromatic heterocycles. The molecule has 2 heterocycles. The molecule has 1 saturated heterocycles. The summed E-state index contributed by atoms with van der Waals surface area (Å²) in [7, 11) is 4.83. The highest BCUT2D eigenvalue weighted by molar-refractivity contribution is 7.99. The van der Waals surface area contributed by atoms with Gasteiger partial charge in [-0.3, -0.25) is 4.79 Å². The van der Waals surface area contributed by atoms with Crippen molar-refractivity contribution in [2.24, 2.45) is 0 Å². The predicted molar refractivity (Wildman–Crippen MR) is 138 cm³/mol. The number of methoxy groups -OCH3 is 3. The van der Waals surface area contributed by atoms with Crippen molar-refractivity contribution < 1.29 is 19.0 Å². The number of carbonyl (C=O) groups is 1. The highest BCUT2D eigenvalue weighted by Gasteiger charge is 2.21. The molecule has 2 aromatic carbocycles. The summed E-state index contributed by atoms with van der Waals surface area (Å²) in [6.07, 6.45) is 1.55. The number of benzene rings is 2. The summed E-state index contributed by atoms with van der Waals surface area (Å²) in [5.74, 6) is 3.01. The smallest absolute Gasteiger partial charge is 0.234 e. The van der Waals surface area contributed by atoms with Crippen molar-refractivity contribution in [3.8, 4) is 17.2 Å². The Morgan fingerprint density at radius 2 is 1.66 bits per heavy atom. The van der Waals surface area contributed by atoms with Crippen molar-refractivity contribution in [3.05, 3.63) is 54.9 Å². The van der Waals surface area contributed by atoms with Gasteiger partial charge in [0.1, 0.15) is 34.4 Å². The van der Waals surface area contributed by atoms with E-state index in [4.69, 9.17) is 14.2 Å². The van der Waals surface area contributed by atoms with Gasteiger partial charge in [-0.05, 0) is 24.3 Å². The predicted octanol–water partition coefficient (Wildman–Crippen LogP) is 3.56. The number of piperazine rings is 1. The number of hydrogen-bond donors (Lipinski definition) is 1. The summed E-state index contributed by atoms with van der Waals surface area (Å²) in [6, 6.07) is 15.3. The van der Waals surface area contributed by atoms with Gasteiger partial charge in [-0.1, -0.05) is 23.9 Å². The molecule has 0 aliphatic carbocycles. The van der Waals surface area contributed by atoms with Crippen LogP contribution in [-0.2, 0) is 4.79 Å². The van der Waals surface area contributed by atoms with Gasteiger partial charge >= 0.3 is 0 Å². The van der Waals surface area contributed by atoms with Gasteiger partial charge in [0.25, 0.3) is 0 Å². The van der Waals surface area contributed by atoms with E-state index in [0.717, 1.165) is 48.5 Å². The van der Waals surface area contributed by atoms with Crippen LogP contribution in [-0.4, -0.2) is 69.1 Å². The van der Waals surface area contributed by atoms with E-state index in [1.165, 1.54) is 11.8 Å². The van der Waals surface area contributed by atoms with Gasteiger partial charge in [0.2, 0.25) is 5.91 Å². The Hall–Kier alpha value is -3.66. The van der Waals surface area contributed by atoms with Crippen molar-refractivity contribution in [2.75, 3.05) is 68.4 Å². The van der Waals surface area contributed by atoms with E-state index in [-0.39, 0.29) is 11.7 Å². The van der Waals surface area contributed by atoms with Crippen LogP contribution in [0.5, 0.6) is 17.2 Å². The average Bonchev–Trinajstić information content (AvgIpc) is 2.92. The van der Waals surface area contributed by atoms with E-state index in [9.17, 15) is 4.79 Å². The zero-order valence-electron chi connectivity index (χ0n) is 20.1. The van der Waals surface area contributed by atoms with E-state index in [0.29, 0.717) is 17.2 Å². The summed E-state index contributed by atoms with van der Waals surface area (Å²) in [6.45, 7) is 3.38. The van der Waals surface area contributed by atoms with Crippen LogP contribution in [0.3, 0.4) is 0 Å². The first kappa shape index (κ1) is 24.5. The number of amides is 1. The van der Waals surface area contributed by atoms with Gasteiger partial charge < -0.3 is 29.3 Å². The van der Waals surface area contributed by atoms with E-state index in [1.54, 1.807) is 45.9 Å². The van der Waals surface area contributed by atoms with Crippen LogP contribution in [0.25, 0.3) is 0 Å². The number of ether oxygens (including phenoxy) is 3. The number of carbonyl (C=O) groups excluding carboxylic acids is 1. The molecule has 0 atom stereocenters. The second-order valence-electron chi connectivity index (χ2n) is 7.76. The van der Waals surface area contributed by atoms with E-state index in [2.05, 4.69) is 31.2 Å². The zero-order valence-corrected chi connectivity index (χ0v) is 20.9. The third-order valence-corrected chi connectivity index (χ3v) is 6.62. The quantitative estimate of drug-likeness (QED) is 0.354. The average molecular weight is 496 g/mol. The molecule has 35 heavy (non-hydrogen) atoms. The van der Waals surface area contributed by atoms with E-state index < -0.39 is 0 Å². The molecule has 9 nitrogen and oxygen atoms in total. The molecule has 1 N–H and O–H groups in total. The number of para-hydroxylation sites is 2. The Labute approximate surface area is 209 Å². The first-order valence-electron chi connectivity index (χ1n) is 11.2. The highest BCUT2D eigenvalue weighted by Crippen LogP contribution is 2.31. The summed E-state index contributed by atoms with van der Waals surface area (Å²) in [5, 5.41) is 3.63. The van der Waals surface area contributed by atoms with Crippen LogP contribution < -0.4 is 29.3 Å². The number of anilines is 3. The number of nitrogens with one attached hydrogen (secondary N) is 1. The van der Waals surface area contributed by atoms with Crippen molar-refractivity contribution in [1.82, 2.24) is 9.97 Å². The summed E-state index contributed by atoms with van der Waals surface area (Å²) in [5.41, 5.74) is 1.70. The van der Waals surface area contributed by atoms with Crippen molar-refractivity contribution in [3.63, 3.8) is 0 Å². The largest absolute Gasteiger partial charge is 0.497 e. The maximum Gasteiger partial charge on any atom is 0.234 e. The van der Waals surface area contributed by atoms with Crippen molar-refractivity contribution in [1.29, 1.82) is 0 Å². The number of rotatable bonds is 9. The van der Waals surface area contributed by atoms with Gasteiger partial charge in [-0.2, -0.15) is 0 Å². The van der Waals surface area contributed by atoms with E-state index in [1.807, 2.05) is 24.3 Å². The van der Waals surface area contributed by atoms with Crippen LogP contribution >= 0.6 is 11.8 Å². The first-order chi connectivity index (χ1) is 17.1. The molecule has 0 spiro atoms. The molecular formula is C25H29N5O4S. The SMILES string of the molecule is COc1ccc(NC(=O)CSc2cc(N3CCN(c4ccccc4OC)CC3)ncn2)c(OC)c1. The van der Waals surface area contributed by atoms with Gasteiger partial charge in [-0.15, -0.1) is 0 Å². The molecule has 3 aromatic rings. The molecule has 0 unspecified atom stereocenters. The molecule has 4 rings (SSSR count). The second-order valence-corrected chi connectivity index (χ2v) is 8.76. The van der Waals surface area contributed by atoms with Crippen LogP contribution in [0.2, 0.25) is 0 Å². The molecule has 0 bridgehead atoms.